The summed E-state index contributed by atoms with van der Waals surface area (Å²) < 4.78 is 47.5. The van der Waals surface area contributed by atoms with E-state index in [9.17, 15) is 43.3 Å². The summed E-state index contributed by atoms with van der Waals surface area (Å²) in [5, 5.41) is 55.3. The van der Waals surface area contributed by atoms with E-state index in [-0.39, 0.29) is 6.42 Å². The molecule has 8 atom stereocenters. The van der Waals surface area contributed by atoms with Gasteiger partial charge in [-0.1, -0.05) is 194 Å². The lowest BCUT2D eigenvalue weighted by atomic mass is 9.99. The third kappa shape index (κ3) is 27.5. The maximum Gasteiger partial charge on any atom is 0.397 e. The van der Waals surface area contributed by atoms with Crippen molar-refractivity contribution in [1.82, 2.24) is 5.32 Å². The topological polar surface area (TPSA) is 212 Å². The predicted molar refractivity (Wildman–Crippen MR) is 224 cm³/mol. The number of carbonyl (C=O) groups excluding carboxylic acids is 1. The molecule has 57 heavy (non-hydrogen) atoms. The fourth-order valence-electron chi connectivity index (χ4n) is 7.58. The Bertz CT molecular complexity index is 1050. The van der Waals surface area contributed by atoms with Crippen LogP contribution in [-0.4, -0.2) is 107 Å². The molecule has 1 heterocycles. The highest BCUT2D eigenvalue weighted by molar-refractivity contribution is 7.80. The molecular formula is C43H85NO12S. The standard InChI is InChI=1S/C43H85NO12S/c1-3-5-7-9-11-13-15-17-19-21-23-25-27-29-31-36(46)35(34-54-43-40(49)41(56-57(51,52)53)39(48)38(33-45)55-43)44-42(50)37(47)32-30-28-26-24-22-20-18-16-14-12-10-8-6-4-2/h35-41,43,45-49H,3-34H2,1-2H3,(H,44,50)(H,51,52,53). The van der Waals surface area contributed by atoms with Crippen LogP contribution in [0.3, 0.4) is 0 Å². The van der Waals surface area contributed by atoms with Crippen molar-refractivity contribution in [3.05, 3.63) is 0 Å². The number of carbonyl (C=O) groups is 1. The van der Waals surface area contributed by atoms with Crippen LogP contribution in [0.4, 0.5) is 0 Å². The van der Waals surface area contributed by atoms with E-state index in [0.717, 1.165) is 38.5 Å². The maximum absolute atomic E-state index is 13.1. The number of ether oxygens (including phenoxy) is 2. The molecule has 0 radical (unpaired) electrons. The van der Waals surface area contributed by atoms with Crippen molar-refractivity contribution in [2.24, 2.45) is 0 Å². The van der Waals surface area contributed by atoms with Gasteiger partial charge in [-0.3, -0.25) is 9.35 Å². The fourth-order valence-corrected chi connectivity index (χ4v) is 8.09. The van der Waals surface area contributed by atoms with Gasteiger partial charge in [-0.2, -0.15) is 8.42 Å². The van der Waals surface area contributed by atoms with E-state index >= 15 is 0 Å². The van der Waals surface area contributed by atoms with Gasteiger partial charge in [0, 0.05) is 0 Å². The number of hydrogen-bond donors (Lipinski definition) is 7. The number of hydrogen-bond acceptors (Lipinski definition) is 11. The van der Waals surface area contributed by atoms with Crippen LogP contribution in [0.15, 0.2) is 0 Å². The van der Waals surface area contributed by atoms with Gasteiger partial charge in [0.25, 0.3) is 0 Å². The lowest BCUT2D eigenvalue weighted by Gasteiger charge is -2.41. The molecule has 7 N–H and O–H groups in total. The normalized spacial score (nSPS) is 21.7. The van der Waals surface area contributed by atoms with E-state index < -0.39 is 78.5 Å². The molecule has 0 bridgehead atoms. The maximum atomic E-state index is 13.1. The fraction of sp³-hybridized carbons (Fsp3) is 0.977. The molecule has 1 rings (SSSR count). The third-order valence-corrected chi connectivity index (χ3v) is 11.7. The van der Waals surface area contributed by atoms with Crippen molar-refractivity contribution in [3.63, 3.8) is 0 Å². The van der Waals surface area contributed by atoms with Gasteiger partial charge in [0.05, 0.1) is 25.4 Å². The van der Waals surface area contributed by atoms with E-state index in [2.05, 4.69) is 23.3 Å². The number of rotatable bonds is 39. The molecular weight excluding hydrogens is 755 g/mol. The largest absolute Gasteiger partial charge is 0.397 e. The van der Waals surface area contributed by atoms with Crippen molar-refractivity contribution in [2.45, 2.75) is 255 Å². The van der Waals surface area contributed by atoms with Crippen LogP contribution in [0.25, 0.3) is 0 Å². The second kappa shape index (κ2) is 34.7. The van der Waals surface area contributed by atoms with E-state index in [4.69, 9.17) is 9.47 Å². The summed E-state index contributed by atoms with van der Waals surface area (Å²) >= 11 is 0. The molecule has 0 aromatic carbocycles. The van der Waals surface area contributed by atoms with Crippen LogP contribution in [-0.2, 0) is 28.9 Å². The molecule has 1 aliphatic heterocycles. The van der Waals surface area contributed by atoms with Crippen LogP contribution in [0, 0.1) is 0 Å². The first-order valence-corrected chi connectivity index (χ1v) is 24.4. The van der Waals surface area contributed by atoms with Gasteiger partial charge < -0.3 is 40.3 Å². The summed E-state index contributed by atoms with van der Waals surface area (Å²) in [7, 11) is -5.10. The molecule has 0 spiro atoms. The smallest absolute Gasteiger partial charge is 0.394 e. The molecule has 1 amide bonds. The van der Waals surface area contributed by atoms with Crippen molar-refractivity contribution in [1.29, 1.82) is 0 Å². The zero-order valence-electron chi connectivity index (χ0n) is 35.8. The van der Waals surface area contributed by atoms with E-state index in [1.54, 1.807) is 0 Å². The molecule has 8 unspecified atom stereocenters. The molecule has 13 nitrogen and oxygen atoms in total. The zero-order valence-corrected chi connectivity index (χ0v) is 36.6. The Morgan fingerprint density at radius 3 is 1.40 bits per heavy atom. The average Bonchev–Trinajstić information content (AvgIpc) is 3.18. The number of aliphatic hydroxyl groups is 5. The molecule has 0 aromatic rings. The summed E-state index contributed by atoms with van der Waals surface area (Å²) in [6, 6.07) is -1.03. The summed E-state index contributed by atoms with van der Waals surface area (Å²) in [5.41, 5.74) is 0. The minimum atomic E-state index is -5.10. The second-order valence-corrected chi connectivity index (χ2v) is 17.5. The van der Waals surface area contributed by atoms with Gasteiger partial charge in [0.15, 0.2) is 6.29 Å². The van der Waals surface area contributed by atoms with Crippen LogP contribution >= 0.6 is 0 Å². The SMILES string of the molecule is CCCCCCCCCCCCCCCCC(O)C(=O)NC(COC1OC(CO)C(O)C(OS(=O)(=O)O)C1O)C(O)CCCCCCCCCCCCCCCC. The molecule has 0 saturated carbocycles. The quantitative estimate of drug-likeness (QED) is 0.0236. The van der Waals surface area contributed by atoms with Crippen molar-refractivity contribution in [2.75, 3.05) is 13.2 Å². The Labute approximate surface area is 346 Å². The molecule has 0 aliphatic carbocycles. The van der Waals surface area contributed by atoms with Gasteiger partial charge in [0.2, 0.25) is 5.91 Å². The Morgan fingerprint density at radius 1 is 0.632 bits per heavy atom. The van der Waals surface area contributed by atoms with Crippen molar-refractivity contribution < 1.29 is 57.0 Å². The van der Waals surface area contributed by atoms with Crippen LogP contribution in [0.1, 0.15) is 206 Å². The Hall–Kier alpha value is -0.940. The summed E-state index contributed by atoms with van der Waals surface area (Å²) in [6.45, 7) is 3.28. The Kier molecular flexibility index (Phi) is 33.0. The Morgan fingerprint density at radius 2 is 1.02 bits per heavy atom. The number of aliphatic hydroxyl groups excluding tert-OH is 5. The molecule has 1 aliphatic rings. The van der Waals surface area contributed by atoms with Crippen LogP contribution in [0.5, 0.6) is 0 Å². The summed E-state index contributed by atoms with van der Waals surface area (Å²) in [5.74, 6) is -0.667. The monoisotopic (exact) mass is 840 g/mol. The minimum Gasteiger partial charge on any atom is -0.394 e. The first kappa shape index (κ1) is 54.1. The summed E-state index contributed by atoms with van der Waals surface area (Å²) in [4.78, 5) is 13.1. The lowest BCUT2D eigenvalue weighted by Crippen LogP contribution is -2.61. The van der Waals surface area contributed by atoms with Crippen LogP contribution < -0.4 is 5.32 Å². The van der Waals surface area contributed by atoms with Crippen LogP contribution in [0.2, 0.25) is 0 Å². The van der Waals surface area contributed by atoms with Gasteiger partial charge in [0.1, 0.15) is 30.5 Å². The van der Waals surface area contributed by atoms with Gasteiger partial charge in [-0.05, 0) is 12.8 Å². The highest BCUT2D eigenvalue weighted by Crippen LogP contribution is 2.26. The molecule has 14 heteroatoms. The summed E-state index contributed by atoms with van der Waals surface area (Å²) in [6.07, 6.45) is 22.8. The van der Waals surface area contributed by atoms with Gasteiger partial charge >= 0.3 is 10.4 Å². The average molecular weight is 840 g/mol. The predicted octanol–water partition coefficient (Wildman–Crippen LogP) is 7.58. The third-order valence-electron chi connectivity index (χ3n) is 11.3. The first-order valence-electron chi connectivity index (χ1n) is 23.0. The van der Waals surface area contributed by atoms with Crippen molar-refractivity contribution in [3.8, 4) is 0 Å². The van der Waals surface area contributed by atoms with E-state index in [0.29, 0.717) is 19.3 Å². The number of nitrogens with one attached hydrogen (secondary N) is 1. The first-order chi connectivity index (χ1) is 27.4. The minimum absolute atomic E-state index is 0.266. The van der Waals surface area contributed by atoms with Crippen molar-refractivity contribution >= 4 is 16.3 Å². The number of amides is 1. The van der Waals surface area contributed by atoms with Gasteiger partial charge in [-0.25, -0.2) is 4.18 Å². The highest BCUT2D eigenvalue weighted by atomic mass is 32.3. The lowest BCUT2D eigenvalue weighted by molar-refractivity contribution is -0.298. The Balaban J connectivity index is 2.57. The molecule has 1 fully saturated rings. The highest BCUT2D eigenvalue weighted by Gasteiger charge is 2.48. The molecule has 1 saturated heterocycles. The van der Waals surface area contributed by atoms with E-state index in [1.807, 2.05) is 0 Å². The van der Waals surface area contributed by atoms with Gasteiger partial charge in [-0.15, -0.1) is 0 Å². The second-order valence-electron chi connectivity index (χ2n) is 16.5. The molecule has 340 valence electrons. The zero-order chi connectivity index (χ0) is 42.2. The molecule has 0 aromatic heterocycles. The van der Waals surface area contributed by atoms with E-state index in [1.165, 1.54) is 128 Å². The number of unbranched alkanes of at least 4 members (excludes halogenated alkanes) is 26.